The van der Waals surface area contributed by atoms with E-state index in [1.807, 2.05) is 13.8 Å². The fourth-order valence-corrected chi connectivity index (χ4v) is 4.41. The first-order chi connectivity index (χ1) is 15.5. The third-order valence-electron chi connectivity index (χ3n) is 6.11. The Hall–Kier alpha value is -3.81. The molecular formula is C24H23N3O5. The molecule has 2 atom stereocenters. The van der Waals surface area contributed by atoms with E-state index < -0.39 is 29.4 Å². The number of rotatable bonds is 7. The van der Waals surface area contributed by atoms with Crippen LogP contribution in [0.15, 0.2) is 64.2 Å². The Morgan fingerprint density at radius 2 is 1.78 bits per heavy atom. The largest absolute Gasteiger partial charge is 0.364 e. The van der Waals surface area contributed by atoms with Gasteiger partial charge in [0.25, 0.3) is 5.91 Å². The van der Waals surface area contributed by atoms with Gasteiger partial charge in [-0.15, -0.1) is 0 Å². The molecule has 1 aromatic carbocycles. The predicted octanol–water partition coefficient (Wildman–Crippen LogP) is 3.25. The molecule has 0 spiro atoms. The first kappa shape index (κ1) is 21.4. The minimum absolute atomic E-state index is 0.0580. The quantitative estimate of drug-likeness (QED) is 0.348. The second kappa shape index (κ2) is 8.74. The Morgan fingerprint density at radius 1 is 1.06 bits per heavy atom. The number of amides is 1. The Balaban J connectivity index is 1.75. The molecule has 0 saturated carbocycles. The lowest BCUT2D eigenvalue weighted by atomic mass is 9.81. The molecule has 4 rings (SSSR count). The number of nitrogens with zero attached hydrogens (tertiary/aromatic N) is 2. The number of hydrogen-bond acceptors (Lipinski definition) is 6. The minimum atomic E-state index is -1.13. The van der Waals surface area contributed by atoms with Gasteiger partial charge in [-0.1, -0.05) is 44.0 Å². The van der Waals surface area contributed by atoms with Crippen LogP contribution in [-0.4, -0.2) is 33.7 Å². The SMILES string of the molecule is CCC(CC)C1C(C(=O)c2ccc(=O)[nH]c2)C(=O)C(=O)N1c1ccc(-c2ccon2)cc1. The predicted molar refractivity (Wildman–Crippen MR) is 117 cm³/mol. The van der Waals surface area contributed by atoms with Gasteiger partial charge >= 0.3 is 0 Å². The Labute approximate surface area is 184 Å². The topological polar surface area (TPSA) is 113 Å². The Morgan fingerprint density at radius 3 is 2.34 bits per heavy atom. The maximum atomic E-state index is 13.3. The van der Waals surface area contributed by atoms with Crippen molar-refractivity contribution >= 4 is 23.2 Å². The van der Waals surface area contributed by atoms with E-state index in [9.17, 15) is 19.2 Å². The summed E-state index contributed by atoms with van der Waals surface area (Å²) in [6.45, 7) is 3.96. The molecular weight excluding hydrogens is 410 g/mol. The van der Waals surface area contributed by atoms with Crippen LogP contribution in [-0.2, 0) is 9.59 Å². The van der Waals surface area contributed by atoms with Crippen molar-refractivity contribution in [1.82, 2.24) is 10.1 Å². The van der Waals surface area contributed by atoms with E-state index in [1.165, 1.54) is 29.5 Å². The molecule has 8 nitrogen and oxygen atoms in total. The minimum Gasteiger partial charge on any atom is -0.364 e. The summed E-state index contributed by atoms with van der Waals surface area (Å²) < 4.78 is 4.88. The highest BCUT2D eigenvalue weighted by Gasteiger charge is 2.53. The molecule has 1 fully saturated rings. The molecule has 1 N–H and O–H groups in total. The number of H-pyrrole nitrogens is 1. The van der Waals surface area contributed by atoms with Crippen LogP contribution in [0.1, 0.15) is 37.0 Å². The van der Waals surface area contributed by atoms with E-state index in [-0.39, 0.29) is 17.0 Å². The number of Topliss-reactive ketones (excluding diaryl/α,β-unsaturated/α-hetero) is 2. The van der Waals surface area contributed by atoms with Gasteiger partial charge in [0.05, 0.1) is 6.04 Å². The standard InChI is InChI=1S/C24H23N3O5/c1-3-14(4-2)21-20(22(29)16-7-10-19(28)25-13-16)23(30)24(31)27(21)17-8-5-15(6-9-17)18-11-12-32-26-18/h5-14,20-21H,3-4H2,1-2H3,(H,25,28). The van der Waals surface area contributed by atoms with Gasteiger partial charge in [0.15, 0.2) is 5.78 Å². The lowest BCUT2D eigenvalue weighted by Crippen LogP contribution is -2.43. The molecule has 8 heteroatoms. The van der Waals surface area contributed by atoms with Crippen LogP contribution in [0.2, 0.25) is 0 Å². The van der Waals surface area contributed by atoms with E-state index in [2.05, 4.69) is 10.1 Å². The number of anilines is 1. The number of aromatic amines is 1. The van der Waals surface area contributed by atoms with Crippen molar-refractivity contribution in [1.29, 1.82) is 0 Å². The van der Waals surface area contributed by atoms with Crippen molar-refractivity contribution in [2.45, 2.75) is 32.7 Å². The molecule has 3 heterocycles. The van der Waals surface area contributed by atoms with Gasteiger partial charge in [0, 0.05) is 35.1 Å². The Bertz CT molecular complexity index is 1170. The van der Waals surface area contributed by atoms with Crippen LogP contribution in [0.3, 0.4) is 0 Å². The fourth-order valence-electron chi connectivity index (χ4n) is 4.41. The molecule has 2 aromatic heterocycles. The molecule has 1 aliphatic heterocycles. The maximum absolute atomic E-state index is 13.3. The van der Waals surface area contributed by atoms with E-state index in [4.69, 9.17) is 4.52 Å². The smallest absolute Gasteiger partial charge is 0.295 e. The summed E-state index contributed by atoms with van der Waals surface area (Å²) in [5, 5.41) is 3.91. The highest BCUT2D eigenvalue weighted by atomic mass is 16.5. The van der Waals surface area contributed by atoms with Gasteiger partial charge in [0.1, 0.15) is 17.9 Å². The normalized spacial score (nSPS) is 18.5. The van der Waals surface area contributed by atoms with E-state index in [1.54, 1.807) is 30.3 Å². The van der Waals surface area contributed by atoms with Crippen LogP contribution in [0.5, 0.6) is 0 Å². The number of ketones is 2. The maximum Gasteiger partial charge on any atom is 0.295 e. The van der Waals surface area contributed by atoms with Gasteiger partial charge in [-0.3, -0.25) is 19.2 Å². The van der Waals surface area contributed by atoms with Crippen LogP contribution >= 0.6 is 0 Å². The molecule has 1 amide bonds. The molecule has 1 saturated heterocycles. The van der Waals surface area contributed by atoms with Gasteiger partial charge in [-0.25, -0.2) is 0 Å². The number of benzene rings is 1. The monoisotopic (exact) mass is 433 g/mol. The number of hydrogen-bond donors (Lipinski definition) is 1. The molecule has 0 radical (unpaired) electrons. The van der Waals surface area contributed by atoms with Gasteiger partial charge in [0.2, 0.25) is 11.3 Å². The van der Waals surface area contributed by atoms with E-state index in [0.717, 1.165) is 5.56 Å². The average molecular weight is 433 g/mol. The highest BCUT2D eigenvalue weighted by molar-refractivity contribution is 6.49. The number of aromatic nitrogens is 2. The zero-order valence-corrected chi connectivity index (χ0v) is 17.8. The average Bonchev–Trinajstić information content (AvgIpc) is 3.43. The van der Waals surface area contributed by atoms with Crippen LogP contribution in [0, 0.1) is 11.8 Å². The summed E-state index contributed by atoms with van der Waals surface area (Å²) in [6.07, 6.45) is 4.17. The lowest BCUT2D eigenvalue weighted by molar-refractivity contribution is -0.135. The number of pyridine rings is 1. The van der Waals surface area contributed by atoms with Crippen LogP contribution in [0.25, 0.3) is 11.3 Å². The van der Waals surface area contributed by atoms with Crippen molar-refractivity contribution < 1.29 is 18.9 Å². The van der Waals surface area contributed by atoms with E-state index in [0.29, 0.717) is 24.2 Å². The summed E-state index contributed by atoms with van der Waals surface area (Å²) >= 11 is 0. The third kappa shape index (κ3) is 3.68. The second-order valence-corrected chi connectivity index (χ2v) is 7.82. The molecule has 32 heavy (non-hydrogen) atoms. The van der Waals surface area contributed by atoms with Gasteiger partial charge < -0.3 is 14.4 Å². The van der Waals surface area contributed by atoms with E-state index >= 15 is 0 Å². The van der Waals surface area contributed by atoms with Crippen molar-refractivity contribution in [2.24, 2.45) is 11.8 Å². The zero-order chi connectivity index (χ0) is 22.8. The highest BCUT2D eigenvalue weighted by Crippen LogP contribution is 2.38. The first-order valence-corrected chi connectivity index (χ1v) is 10.6. The summed E-state index contributed by atoms with van der Waals surface area (Å²) in [6, 6.07) is 10.8. The fraction of sp³-hybridized carbons (Fsp3) is 0.292. The molecule has 3 aromatic rings. The molecule has 0 aliphatic carbocycles. The first-order valence-electron chi connectivity index (χ1n) is 10.6. The van der Waals surface area contributed by atoms with Crippen LogP contribution < -0.4 is 10.5 Å². The molecule has 2 unspecified atom stereocenters. The summed E-state index contributed by atoms with van der Waals surface area (Å²) in [5.41, 5.74) is 1.86. The van der Waals surface area contributed by atoms with Crippen molar-refractivity contribution in [3.05, 3.63) is 70.8 Å². The third-order valence-corrected chi connectivity index (χ3v) is 6.11. The lowest BCUT2D eigenvalue weighted by Gasteiger charge is -2.32. The zero-order valence-electron chi connectivity index (χ0n) is 17.8. The summed E-state index contributed by atoms with van der Waals surface area (Å²) in [4.78, 5) is 54.8. The van der Waals surface area contributed by atoms with Crippen LogP contribution in [0.4, 0.5) is 5.69 Å². The van der Waals surface area contributed by atoms with Gasteiger partial charge in [-0.2, -0.15) is 0 Å². The van der Waals surface area contributed by atoms with Gasteiger partial charge in [-0.05, 0) is 24.1 Å². The summed E-state index contributed by atoms with van der Waals surface area (Å²) in [5.74, 6) is -3.07. The molecule has 1 aliphatic rings. The van der Waals surface area contributed by atoms with Crippen molar-refractivity contribution in [2.75, 3.05) is 4.90 Å². The number of nitrogens with one attached hydrogen (secondary N) is 1. The summed E-state index contributed by atoms with van der Waals surface area (Å²) in [7, 11) is 0. The van der Waals surface area contributed by atoms with Crippen molar-refractivity contribution in [3.63, 3.8) is 0 Å². The second-order valence-electron chi connectivity index (χ2n) is 7.82. The van der Waals surface area contributed by atoms with Crippen molar-refractivity contribution in [3.8, 4) is 11.3 Å². The number of carbonyl (C=O) groups is 3. The molecule has 0 bridgehead atoms. The number of carbonyl (C=O) groups excluding carboxylic acids is 3. The molecule has 164 valence electrons. The Kier molecular flexibility index (Phi) is 5.85.